The second-order valence-electron chi connectivity index (χ2n) is 9.56. The first-order chi connectivity index (χ1) is 16.4. The number of aryl methyl sites for hydroxylation is 1. The van der Waals surface area contributed by atoms with E-state index in [0.29, 0.717) is 31.0 Å². The Morgan fingerprint density at radius 2 is 1.71 bits per heavy atom. The number of para-hydroxylation sites is 1. The second-order valence-corrected chi connectivity index (χ2v) is 9.56. The number of hydrogen-bond acceptors (Lipinski definition) is 4. The molecular weight excluding hydrogens is 424 g/mol. The molecule has 1 unspecified atom stereocenters. The van der Waals surface area contributed by atoms with Crippen molar-refractivity contribution in [2.45, 2.75) is 39.8 Å². The fraction of sp³-hybridized carbons (Fsp3) is 0.393. The highest BCUT2D eigenvalue weighted by molar-refractivity contribution is 5.98. The third-order valence-corrected chi connectivity index (χ3v) is 6.49. The van der Waals surface area contributed by atoms with Gasteiger partial charge in [-0.25, -0.2) is 0 Å². The van der Waals surface area contributed by atoms with Crippen molar-refractivity contribution in [2.75, 3.05) is 26.2 Å². The minimum Gasteiger partial charge on any atom is -0.340 e. The molecule has 0 aliphatic carbocycles. The Bertz CT molecular complexity index is 1150. The van der Waals surface area contributed by atoms with E-state index < -0.39 is 6.04 Å². The highest BCUT2D eigenvalue weighted by Gasteiger charge is 2.29. The molecule has 178 valence electrons. The van der Waals surface area contributed by atoms with Gasteiger partial charge in [-0.2, -0.15) is 0 Å². The minimum atomic E-state index is -0.513. The minimum absolute atomic E-state index is 0.0158. The number of piperazine rings is 1. The zero-order valence-corrected chi connectivity index (χ0v) is 20.3. The van der Waals surface area contributed by atoms with Gasteiger partial charge in [0.2, 0.25) is 5.91 Å². The maximum absolute atomic E-state index is 13.4. The van der Waals surface area contributed by atoms with E-state index in [9.17, 15) is 9.59 Å². The number of nitrogens with one attached hydrogen (secondary N) is 1. The van der Waals surface area contributed by atoms with E-state index in [-0.39, 0.29) is 11.8 Å². The van der Waals surface area contributed by atoms with Crippen LogP contribution in [0.4, 0.5) is 0 Å². The number of rotatable bonds is 7. The van der Waals surface area contributed by atoms with Gasteiger partial charge in [-0.1, -0.05) is 56.3 Å². The van der Waals surface area contributed by atoms with Crippen molar-refractivity contribution in [2.24, 2.45) is 5.92 Å². The zero-order chi connectivity index (χ0) is 24.1. The molecular formula is C28H34N4O2. The molecule has 1 fully saturated rings. The molecule has 2 heterocycles. The Morgan fingerprint density at radius 3 is 2.44 bits per heavy atom. The lowest BCUT2D eigenvalue weighted by atomic mass is 10.0. The van der Waals surface area contributed by atoms with Gasteiger partial charge in [0.15, 0.2) is 0 Å². The van der Waals surface area contributed by atoms with Crippen molar-refractivity contribution in [3.63, 3.8) is 0 Å². The summed E-state index contributed by atoms with van der Waals surface area (Å²) in [6, 6.07) is 17.3. The average molecular weight is 459 g/mol. The molecule has 1 aromatic heterocycles. The Morgan fingerprint density at radius 1 is 0.971 bits per heavy atom. The number of pyridine rings is 1. The molecule has 6 nitrogen and oxygen atoms in total. The number of carbonyl (C=O) groups excluding carboxylic acids is 2. The molecule has 1 atom stereocenters. The van der Waals surface area contributed by atoms with Gasteiger partial charge in [-0.15, -0.1) is 0 Å². The van der Waals surface area contributed by atoms with Gasteiger partial charge in [-0.05, 0) is 42.5 Å². The van der Waals surface area contributed by atoms with Crippen molar-refractivity contribution < 1.29 is 9.59 Å². The van der Waals surface area contributed by atoms with Crippen molar-refractivity contribution in [1.29, 1.82) is 0 Å². The lowest BCUT2D eigenvalue weighted by Gasteiger charge is -2.37. The van der Waals surface area contributed by atoms with Crippen LogP contribution in [-0.2, 0) is 11.3 Å². The van der Waals surface area contributed by atoms with Crippen molar-refractivity contribution in [3.8, 4) is 0 Å². The lowest BCUT2D eigenvalue weighted by molar-refractivity contribution is -0.135. The normalized spacial score (nSPS) is 15.5. The molecule has 0 bridgehead atoms. The Hall–Kier alpha value is -3.25. The standard InChI is InChI=1S/C28H34N4O2/c1-20(2)18-25(30-27(33)24-12-5-4-8-21(24)3)28(34)32-16-14-31(15-17-32)19-23-10-6-9-22-11-7-13-29-26(22)23/h4-13,20,25H,14-19H2,1-3H3,(H,30,33). The number of hydrogen-bond donors (Lipinski definition) is 1. The highest BCUT2D eigenvalue weighted by Crippen LogP contribution is 2.19. The van der Waals surface area contributed by atoms with Gasteiger partial charge in [0, 0.05) is 49.9 Å². The Balaban J connectivity index is 1.39. The van der Waals surface area contributed by atoms with E-state index in [4.69, 9.17) is 0 Å². The average Bonchev–Trinajstić information content (AvgIpc) is 2.84. The highest BCUT2D eigenvalue weighted by atomic mass is 16.2. The zero-order valence-electron chi connectivity index (χ0n) is 20.3. The van der Waals surface area contributed by atoms with Crippen LogP contribution in [0, 0.1) is 12.8 Å². The molecule has 2 aromatic carbocycles. The molecule has 4 rings (SSSR count). The van der Waals surface area contributed by atoms with Crippen LogP contribution in [0.2, 0.25) is 0 Å². The summed E-state index contributed by atoms with van der Waals surface area (Å²) in [5.74, 6) is 0.132. The van der Waals surface area contributed by atoms with Crippen LogP contribution in [0.25, 0.3) is 10.9 Å². The molecule has 0 spiro atoms. The van der Waals surface area contributed by atoms with Crippen LogP contribution in [0.1, 0.15) is 41.8 Å². The van der Waals surface area contributed by atoms with Crippen LogP contribution in [-0.4, -0.2) is 58.8 Å². The topological polar surface area (TPSA) is 65.5 Å². The molecule has 3 aromatic rings. The first kappa shape index (κ1) is 23.9. The van der Waals surface area contributed by atoms with E-state index in [1.54, 1.807) is 0 Å². The SMILES string of the molecule is Cc1ccccc1C(=O)NC(CC(C)C)C(=O)N1CCN(Cc2cccc3cccnc23)CC1. The summed E-state index contributed by atoms with van der Waals surface area (Å²) in [5.41, 5.74) is 3.78. The molecule has 1 aliphatic heterocycles. The van der Waals surface area contributed by atoms with Crippen LogP contribution < -0.4 is 5.32 Å². The van der Waals surface area contributed by atoms with Gasteiger partial charge in [-0.3, -0.25) is 19.5 Å². The molecule has 34 heavy (non-hydrogen) atoms. The molecule has 1 saturated heterocycles. The summed E-state index contributed by atoms with van der Waals surface area (Å²) < 4.78 is 0. The largest absolute Gasteiger partial charge is 0.340 e. The number of carbonyl (C=O) groups is 2. The number of benzene rings is 2. The number of amides is 2. The molecule has 0 saturated carbocycles. The van der Waals surface area contributed by atoms with Crippen LogP contribution in [0.15, 0.2) is 60.8 Å². The van der Waals surface area contributed by atoms with E-state index in [1.165, 1.54) is 5.56 Å². The molecule has 1 N–H and O–H groups in total. The fourth-order valence-electron chi connectivity index (χ4n) is 4.64. The van der Waals surface area contributed by atoms with Gasteiger partial charge in [0.1, 0.15) is 6.04 Å². The smallest absolute Gasteiger partial charge is 0.252 e. The van der Waals surface area contributed by atoms with Gasteiger partial charge in [0.25, 0.3) is 5.91 Å². The number of aromatic nitrogens is 1. The number of fused-ring (bicyclic) bond motifs is 1. The van der Waals surface area contributed by atoms with Crippen molar-refractivity contribution in [3.05, 3.63) is 77.5 Å². The van der Waals surface area contributed by atoms with Gasteiger partial charge in [0.05, 0.1) is 5.52 Å². The summed E-state index contributed by atoms with van der Waals surface area (Å²) in [6.45, 7) is 9.81. The van der Waals surface area contributed by atoms with Crippen LogP contribution in [0.5, 0.6) is 0 Å². The quantitative estimate of drug-likeness (QED) is 0.581. The Labute approximate surface area is 202 Å². The van der Waals surface area contributed by atoms with E-state index in [2.05, 4.69) is 53.3 Å². The third-order valence-electron chi connectivity index (χ3n) is 6.49. The van der Waals surface area contributed by atoms with Gasteiger partial charge < -0.3 is 10.2 Å². The fourth-order valence-corrected chi connectivity index (χ4v) is 4.64. The summed E-state index contributed by atoms with van der Waals surface area (Å²) in [4.78, 5) is 35.2. The maximum atomic E-state index is 13.4. The third kappa shape index (κ3) is 5.62. The lowest BCUT2D eigenvalue weighted by Crippen LogP contribution is -2.55. The van der Waals surface area contributed by atoms with Gasteiger partial charge >= 0.3 is 0 Å². The summed E-state index contributed by atoms with van der Waals surface area (Å²) >= 11 is 0. The van der Waals surface area contributed by atoms with Crippen molar-refractivity contribution in [1.82, 2.24) is 20.1 Å². The first-order valence-electron chi connectivity index (χ1n) is 12.1. The predicted octanol–water partition coefficient (Wildman–Crippen LogP) is 4.03. The van der Waals surface area contributed by atoms with Crippen LogP contribution in [0.3, 0.4) is 0 Å². The summed E-state index contributed by atoms with van der Waals surface area (Å²) in [5, 5.41) is 4.17. The molecule has 0 radical (unpaired) electrons. The van der Waals surface area contributed by atoms with Crippen molar-refractivity contribution >= 4 is 22.7 Å². The summed E-state index contributed by atoms with van der Waals surface area (Å²) in [6.07, 6.45) is 2.46. The van der Waals surface area contributed by atoms with E-state index in [0.717, 1.165) is 36.1 Å². The second kappa shape index (κ2) is 10.8. The van der Waals surface area contributed by atoms with E-state index in [1.807, 2.05) is 48.4 Å². The Kier molecular flexibility index (Phi) is 7.58. The first-order valence-corrected chi connectivity index (χ1v) is 12.1. The molecule has 2 amide bonds. The summed E-state index contributed by atoms with van der Waals surface area (Å²) in [7, 11) is 0. The predicted molar refractivity (Wildman–Crippen MR) is 135 cm³/mol. The number of nitrogens with zero attached hydrogens (tertiary/aromatic N) is 3. The molecule has 1 aliphatic rings. The monoisotopic (exact) mass is 458 g/mol. The molecule has 6 heteroatoms. The maximum Gasteiger partial charge on any atom is 0.252 e. The van der Waals surface area contributed by atoms with Crippen LogP contribution >= 0.6 is 0 Å². The van der Waals surface area contributed by atoms with E-state index >= 15 is 0 Å².